The molecule has 0 saturated carbocycles. The molecule has 0 spiro atoms. The average molecular weight is 621 g/mol. The molecule has 47 heavy (non-hydrogen) atoms. The van der Waals surface area contributed by atoms with Gasteiger partial charge in [0, 0.05) is 54.2 Å². The quantitative estimate of drug-likeness (QED) is 0.192. The van der Waals surface area contributed by atoms with Gasteiger partial charge < -0.3 is 9.32 Å². The maximum Gasteiger partial charge on any atom is 0.227 e. The number of aromatic nitrogens is 1. The van der Waals surface area contributed by atoms with Crippen LogP contribution in [0.15, 0.2) is 156 Å². The minimum atomic E-state index is 0.168. The summed E-state index contributed by atoms with van der Waals surface area (Å²) in [7, 11) is 0. The molecule has 0 aliphatic heterocycles. The highest BCUT2D eigenvalue weighted by Gasteiger charge is 2.39. The molecule has 2 aromatic heterocycles. The lowest BCUT2D eigenvalue weighted by molar-refractivity contribution is 0.589. The van der Waals surface area contributed by atoms with Crippen molar-refractivity contribution in [3.63, 3.8) is 0 Å². The third-order valence-corrected chi connectivity index (χ3v) is 10.8. The summed E-state index contributed by atoms with van der Waals surface area (Å²) in [6.45, 7) is 0. The fourth-order valence-electron chi connectivity index (χ4n) is 7.53. The highest BCUT2D eigenvalue weighted by Crippen LogP contribution is 2.55. The fourth-order valence-corrected chi connectivity index (χ4v) is 8.66. The highest BCUT2D eigenvalue weighted by atomic mass is 32.1. The molecule has 2 aliphatic carbocycles. The Bertz CT molecular complexity index is 2490. The van der Waals surface area contributed by atoms with E-state index in [1.165, 1.54) is 53.8 Å². The summed E-state index contributed by atoms with van der Waals surface area (Å²) in [5, 5.41) is 2.58. The molecule has 2 heterocycles. The topological polar surface area (TPSA) is 29.3 Å². The van der Waals surface area contributed by atoms with Crippen LogP contribution in [-0.2, 0) is 0 Å². The predicted molar refractivity (Wildman–Crippen MR) is 195 cm³/mol. The van der Waals surface area contributed by atoms with E-state index in [9.17, 15) is 0 Å². The van der Waals surface area contributed by atoms with E-state index in [-0.39, 0.29) is 5.92 Å². The van der Waals surface area contributed by atoms with Crippen molar-refractivity contribution in [2.24, 2.45) is 0 Å². The number of hydrogen-bond donors (Lipinski definition) is 0. The van der Waals surface area contributed by atoms with Gasteiger partial charge in [-0.15, -0.1) is 11.3 Å². The van der Waals surface area contributed by atoms with Crippen molar-refractivity contribution in [2.75, 3.05) is 4.90 Å². The van der Waals surface area contributed by atoms with Gasteiger partial charge in [-0.25, -0.2) is 4.98 Å². The second-order valence-electron chi connectivity index (χ2n) is 12.2. The summed E-state index contributed by atoms with van der Waals surface area (Å²) in [6.07, 6.45) is 3.27. The molecule has 0 fully saturated rings. The van der Waals surface area contributed by atoms with Gasteiger partial charge in [-0.05, 0) is 65.6 Å². The second kappa shape index (κ2) is 10.4. The molecule has 6 aromatic carbocycles. The number of fused-ring (bicyclic) bond motifs is 6. The molecule has 1 unspecified atom stereocenters. The van der Waals surface area contributed by atoms with Gasteiger partial charge in [0.15, 0.2) is 5.76 Å². The Morgan fingerprint density at radius 1 is 0.617 bits per heavy atom. The SMILES string of the molecule is C1=C(N(c2ccc(-c3ccccc3)cc2)c2cccc3sc4ccccc4c23)c2cccc3c2C(C1)c1nc(-c2ccccc2)oc1-3. The summed E-state index contributed by atoms with van der Waals surface area (Å²) in [5.41, 5.74) is 11.7. The third-order valence-electron chi connectivity index (χ3n) is 9.62. The monoisotopic (exact) mass is 620 g/mol. The van der Waals surface area contributed by atoms with Gasteiger partial charge in [0.1, 0.15) is 0 Å². The lowest BCUT2D eigenvalue weighted by atomic mass is 9.85. The minimum Gasteiger partial charge on any atom is -0.436 e. The fraction of sp³-hybridized carbons (Fsp3) is 0.0465. The zero-order chi connectivity index (χ0) is 30.9. The number of hydrogen-bond acceptors (Lipinski definition) is 4. The van der Waals surface area contributed by atoms with Crippen molar-refractivity contribution in [2.45, 2.75) is 12.3 Å². The van der Waals surface area contributed by atoms with Crippen LogP contribution in [-0.4, -0.2) is 4.98 Å². The zero-order valence-corrected chi connectivity index (χ0v) is 26.2. The van der Waals surface area contributed by atoms with E-state index >= 15 is 0 Å². The Morgan fingerprint density at radius 3 is 2.13 bits per heavy atom. The molecule has 0 amide bonds. The second-order valence-corrected chi connectivity index (χ2v) is 13.3. The molecule has 0 bridgehead atoms. The molecule has 0 saturated heterocycles. The number of oxazole rings is 1. The van der Waals surface area contributed by atoms with Gasteiger partial charge in [0.25, 0.3) is 0 Å². The summed E-state index contributed by atoms with van der Waals surface area (Å²) in [6, 6.07) is 52.0. The highest BCUT2D eigenvalue weighted by molar-refractivity contribution is 7.26. The van der Waals surface area contributed by atoms with Crippen LogP contribution in [0, 0.1) is 0 Å². The number of allylic oxidation sites excluding steroid dienone is 1. The van der Waals surface area contributed by atoms with Gasteiger partial charge >= 0.3 is 0 Å². The normalized spacial score (nSPS) is 14.6. The predicted octanol–water partition coefficient (Wildman–Crippen LogP) is 12.1. The molecular formula is C43H28N2OS. The number of nitrogens with zero attached hydrogens (tertiary/aromatic N) is 2. The zero-order valence-electron chi connectivity index (χ0n) is 25.4. The van der Waals surface area contributed by atoms with Gasteiger partial charge in [-0.1, -0.05) is 109 Å². The molecule has 0 N–H and O–H groups in total. The maximum absolute atomic E-state index is 6.52. The Kier molecular flexibility index (Phi) is 5.87. The van der Waals surface area contributed by atoms with Crippen molar-refractivity contribution in [1.82, 2.24) is 4.98 Å². The van der Waals surface area contributed by atoms with E-state index in [0.29, 0.717) is 5.89 Å². The molecule has 2 aliphatic rings. The Labute approximate surface area is 276 Å². The first-order valence-corrected chi connectivity index (χ1v) is 16.9. The Balaban J connectivity index is 1.16. The molecule has 0 radical (unpaired) electrons. The van der Waals surface area contributed by atoms with E-state index in [2.05, 4.69) is 138 Å². The van der Waals surface area contributed by atoms with Gasteiger partial charge in [-0.2, -0.15) is 0 Å². The van der Waals surface area contributed by atoms with E-state index in [1.54, 1.807) is 0 Å². The molecule has 3 nitrogen and oxygen atoms in total. The van der Waals surface area contributed by atoms with Crippen molar-refractivity contribution in [3.8, 4) is 33.9 Å². The summed E-state index contributed by atoms with van der Waals surface area (Å²) in [4.78, 5) is 7.56. The molecule has 8 aromatic rings. The lowest BCUT2D eigenvalue weighted by Crippen LogP contribution is -2.20. The van der Waals surface area contributed by atoms with Crippen LogP contribution in [0.25, 0.3) is 59.8 Å². The van der Waals surface area contributed by atoms with Crippen LogP contribution in [0.2, 0.25) is 0 Å². The maximum atomic E-state index is 6.52. The lowest BCUT2D eigenvalue weighted by Gasteiger charge is -2.33. The Morgan fingerprint density at radius 2 is 1.30 bits per heavy atom. The van der Waals surface area contributed by atoms with E-state index in [4.69, 9.17) is 9.40 Å². The van der Waals surface area contributed by atoms with Gasteiger partial charge in [0.2, 0.25) is 5.89 Å². The number of benzene rings is 6. The van der Waals surface area contributed by atoms with Gasteiger partial charge in [-0.3, -0.25) is 0 Å². The van der Waals surface area contributed by atoms with E-state index in [0.717, 1.165) is 34.7 Å². The number of anilines is 2. The Hall–Kier alpha value is -5.71. The summed E-state index contributed by atoms with van der Waals surface area (Å²) in [5.74, 6) is 1.77. The first kappa shape index (κ1) is 26.5. The summed E-state index contributed by atoms with van der Waals surface area (Å²) < 4.78 is 9.12. The smallest absolute Gasteiger partial charge is 0.227 e. The van der Waals surface area contributed by atoms with Gasteiger partial charge in [0.05, 0.1) is 11.4 Å². The molecule has 222 valence electrons. The first-order valence-electron chi connectivity index (χ1n) is 16.1. The van der Waals surface area contributed by atoms with Crippen LogP contribution in [0.3, 0.4) is 0 Å². The van der Waals surface area contributed by atoms with E-state index in [1.807, 2.05) is 29.5 Å². The average Bonchev–Trinajstić information content (AvgIpc) is 3.83. The molecule has 4 heteroatoms. The molecule has 1 atom stereocenters. The number of thiophene rings is 1. The third kappa shape index (κ3) is 4.08. The summed E-state index contributed by atoms with van der Waals surface area (Å²) >= 11 is 1.86. The number of rotatable bonds is 5. The first-order chi connectivity index (χ1) is 23.3. The van der Waals surface area contributed by atoms with Crippen molar-refractivity contribution >= 4 is 48.6 Å². The van der Waals surface area contributed by atoms with Crippen LogP contribution < -0.4 is 4.90 Å². The van der Waals surface area contributed by atoms with Crippen LogP contribution in [0.5, 0.6) is 0 Å². The molecule has 10 rings (SSSR count). The largest absolute Gasteiger partial charge is 0.436 e. The standard InChI is InChI=1S/C43H28N2OS/c1-3-11-27(12-4-1)28-21-23-30(24-22-28)45(36-18-10-20-38-40(36)32-15-7-8-19-37(32)47-38)35-26-25-33-39-31(35)16-9-17-34(39)42-41(33)44-43(46-42)29-13-5-2-6-14-29/h1-24,26,33H,25H2. The van der Waals surface area contributed by atoms with E-state index < -0.39 is 0 Å². The van der Waals surface area contributed by atoms with Crippen LogP contribution in [0.1, 0.15) is 29.2 Å². The van der Waals surface area contributed by atoms with Crippen molar-refractivity contribution < 1.29 is 4.42 Å². The van der Waals surface area contributed by atoms with Crippen LogP contribution in [0.4, 0.5) is 11.4 Å². The van der Waals surface area contributed by atoms with Crippen LogP contribution >= 0.6 is 11.3 Å². The van der Waals surface area contributed by atoms with Crippen molar-refractivity contribution in [1.29, 1.82) is 0 Å². The molecular weight excluding hydrogens is 593 g/mol. The van der Waals surface area contributed by atoms with Crippen molar-refractivity contribution in [3.05, 3.63) is 168 Å². The minimum absolute atomic E-state index is 0.168.